The van der Waals surface area contributed by atoms with Crippen LogP contribution in [-0.4, -0.2) is 74.6 Å². The van der Waals surface area contributed by atoms with E-state index in [1.54, 1.807) is 6.07 Å². The fourth-order valence-electron chi connectivity index (χ4n) is 2.87. The van der Waals surface area contributed by atoms with Gasteiger partial charge in [-0.1, -0.05) is 34.8 Å². The summed E-state index contributed by atoms with van der Waals surface area (Å²) in [5, 5.41) is 0.846. The van der Waals surface area contributed by atoms with Crippen LogP contribution in [0.2, 0.25) is 15.1 Å². The number of carbonyl (C=O) groups excluding carboxylic acids is 1. The number of benzene rings is 1. The smallest absolute Gasteiger partial charge is 0.265 e. The quantitative estimate of drug-likeness (QED) is 0.243. The molecule has 1 aromatic rings. The van der Waals surface area contributed by atoms with Crippen LogP contribution >= 0.6 is 46.6 Å². The number of Topliss-reactive ketones (excluding diaryl/α,β-unsaturated/α-hetero) is 1. The molecule has 0 amide bonds. The van der Waals surface area contributed by atoms with Gasteiger partial charge in [0.1, 0.15) is 6.54 Å². The van der Waals surface area contributed by atoms with Crippen molar-refractivity contribution in [1.82, 2.24) is 0 Å². The molecule has 28 heavy (non-hydrogen) atoms. The molecule has 1 N–H and O–H groups in total. The van der Waals surface area contributed by atoms with Gasteiger partial charge in [0.15, 0.2) is 5.78 Å². The lowest BCUT2D eigenvalue weighted by Crippen LogP contribution is -2.43. The zero-order valence-corrected chi connectivity index (χ0v) is 19.5. The number of fused-ring (bicyclic) bond motifs is 1. The van der Waals surface area contributed by atoms with E-state index in [-0.39, 0.29) is 26.8 Å². The first kappa shape index (κ1) is 24.2. The highest BCUT2D eigenvalue weighted by atomic mass is 35.5. The predicted molar refractivity (Wildman–Crippen MR) is 114 cm³/mol. The summed E-state index contributed by atoms with van der Waals surface area (Å²) in [7, 11) is 0.00289. The van der Waals surface area contributed by atoms with E-state index in [0.717, 1.165) is 0 Å². The van der Waals surface area contributed by atoms with Gasteiger partial charge in [-0.05, 0) is 6.07 Å². The third kappa shape index (κ3) is 7.02. The molecule has 6 nitrogen and oxygen atoms in total. The minimum atomic E-state index is -3.93. The van der Waals surface area contributed by atoms with E-state index in [0.29, 0.717) is 59.1 Å². The lowest BCUT2D eigenvalue weighted by Gasteiger charge is -2.30. The van der Waals surface area contributed by atoms with Gasteiger partial charge in [0.2, 0.25) is 0 Å². The van der Waals surface area contributed by atoms with Crippen LogP contribution in [0.4, 0.5) is 0 Å². The second-order valence-electron chi connectivity index (χ2n) is 7.32. The van der Waals surface area contributed by atoms with Crippen molar-refractivity contribution in [2.45, 2.75) is 23.0 Å². The normalized spacial score (nSPS) is 17.6. The zero-order chi connectivity index (χ0) is 21.1. The van der Waals surface area contributed by atoms with Gasteiger partial charge in [0.25, 0.3) is 10.1 Å². The van der Waals surface area contributed by atoms with Gasteiger partial charge < -0.3 is 9.22 Å². The number of hydrogen-bond donors (Lipinski definition) is 1. The lowest BCUT2D eigenvalue weighted by atomic mass is 10.1. The van der Waals surface area contributed by atoms with Crippen molar-refractivity contribution in [2.24, 2.45) is 0 Å². The Balaban J connectivity index is 1.83. The topological polar surface area (TPSA) is 80.7 Å². The van der Waals surface area contributed by atoms with E-state index >= 15 is 0 Å². The molecule has 0 saturated carbocycles. The largest absolute Gasteiger partial charge is 0.374 e. The Morgan fingerprint density at radius 1 is 1.25 bits per heavy atom. The molecule has 11 heteroatoms. The van der Waals surface area contributed by atoms with E-state index in [1.165, 1.54) is 11.8 Å². The number of carbonyl (C=O) groups is 1. The number of hydrogen-bond acceptors (Lipinski definition) is 5. The number of quaternary nitrogens is 1. The molecule has 0 aromatic heterocycles. The standard InChI is InChI=1S/C17H22Cl3NO5S2/c1-21(2,4-3-7-28(23,24)25)5-6-26-10-11-8-14(22)15-16(20)12(18)9-13(19)17(15)27-11/h9,11H,3-8,10H2,1-2H3/p+1. The Morgan fingerprint density at radius 3 is 2.57 bits per heavy atom. The Hall–Kier alpha value is -0.0600. The maximum Gasteiger partial charge on any atom is 0.265 e. The molecule has 1 atom stereocenters. The lowest BCUT2D eigenvalue weighted by molar-refractivity contribution is -0.890. The van der Waals surface area contributed by atoms with Crippen LogP contribution in [-0.2, 0) is 14.9 Å². The molecular weight excluding hydrogens is 469 g/mol. The summed E-state index contributed by atoms with van der Waals surface area (Å²) in [6.07, 6.45) is 0.665. The monoisotopic (exact) mass is 490 g/mol. The molecule has 0 saturated heterocycles. The van der Waals surface area contributed by atoms with Crippen LogP contribution < -0.4 is 0 Å². The van der Waals surface area contributed by atoms with Crippen molar-refractivity contribution in [2.75, 3.05) is 46.2 Å². The molecule has 0 radical (unpaired) electrons. The average Bonchev–Trinajstić information content (AvgIpc) is 2.55. The van der Waals surface area contributed by atoms with E-state index in [4.69, 9.17) is 44.1 Å². The molecule has 1 aromatic carbocycles. The Kier molecular flexibility index (Phi) is 8.50. The molecule has 0 spiro atoms. The van der Waals surface area contributed by atoms with Gasteiger partial charge in [-0.3, -0.25) is 9.35 Å². The third-order valence-corrected chi connectivity index (χ3v) is 7.71. The number of ketones is 1. The Bertz CT molecular complexity index is 846. The molecular formula is C17H23Cl3NO5S2+. The average molecular weight is 492 g/mol. The van der Waals surface area contributed by atoms with Crippen LogP contribution in [0.1, 0.15) is 23.2 Å². The van der Waals surface area contributed by atoms with Crippen molar-refractivity contribution in [3.8, 4) is 0 Å². The Labute approximate surface area is 184 Å². The molecule has 158 valence electrons. The summed E-state index contributed by atoms with van der Waals surface area (Å²) in [6.45, 7) is 2.13. The number of likely N-dealkylation sites (N-methyl/N-ethyl adjacent to an activating group) is 1. The van der Waals surface area contributed by atoms with Crippen molar-refractivity contribution < 1.29 is 27.0 Å². The molecule has 0 aliphatic carbocycles. The second-order valence-corrected chi connectivity index (χ2v) is 11.4. The fourth-order valence-corrected chi connectivity index (χ4v) is 5.50. The SMILES string of the molecule is C[N+](C)(CCCS(=O)(=O)O)CCOCC1CC(=O)c2c(Cl)c(Cl)cc(Cl)c2S1. The first-order valence-electron chi connectivity index (χ1n) is 8.62. The van der Waals surface area contributed by atoms with E-state index in [9.17, 15) is 13.2 Å². The molecule has 0 bridgehead atoms. The van der Waals surface area contributed by atoms with Gasteiger partial charge in [-0.2, -0.15) is 8.42 Å². The van der Waals surface area contributed by atoms with Gasteiger partial charge in [0, 0.05) is 23.0 Å². The summed E-state index contributed by atoms with van der Waals surface area (Å²) < 4.78 is 36.7. The van der Waals surface area contributed by atoms with E-state index < -0.39 is 10.1 Å². The van der Waals surface area contributed by atoms with Gasteiger partial charge in [-0.15, -0.1) is 11.8 Å². The fraction of sp³-hybridized carbons (Fsp3) is 0.588. The van der Waals surface area contributed by atoms with Crippen molar-refractivity contribution >= 4 is 62.5 Å². The van der Waals surface area contributed by atoms with Crippen molar-refractivity contribution in [3.63, 3.8) is 0 Å². The second kappa shape index (κ2) is 9.83. The molecule has 1 unspecified atom stereocenters. The van der Waals surface area contributed by atoms with Crippen LogP contribution in [0.3, 0.4) is 0 Å². The first-order valence-corrected chi connectivity index (χ1v) is 12.2. The van der Waals surface area contributed by atoms with Crippen LogP contribution in [0.25, 0.3) is 0 Å². The summed E-state index contributed by atoms with van der Waals surface area (Å²) >= 11 is 19.9. The zero-order valence-electron chi connectivity index (χ0n) is 15.6. The van der Waals surface area contributed by atoms with E-state index in [1.807, 2.05) is 14.1 Å². The van der Waals surface area contributed by atoms with Gasteiger partial charge in [-0.25, -0.2) is 0 Å². The highest BCUT2D eigenvalue weighted by Gasteiger charge is 2.31. The number of nitrogens with zero attached hydrogens (tertiary/aromatic N) is 1. The molecule has 1 aliphatic rings. The summed E-state index contributed by atoms with van der Waals surface area (Å²) in [5.41, 5.74) is 0.386. The van der Waals surface area contributed by atoms with Crippen molar-refractivity contribution in [3.05, 3.63) is 26.7 Å². The van der Waals surface area contributed by atoms with Crippen LogP contribution in [0, 0.1) is 0 Å². The number of rotatable bonds is 9. The third-order valence-electron chi connectivity index (χ3n) is 4.41. The van der Waals surface area contributed by atoms with E-state index in [2.05, 4.69) is 0 Å². The first-order chi connectivity index (χ1) is 12.9. The predicted octanol–water partition coefficient (Wildman–Crippen LogP) is 4.06. The van der Waals surface area contributed by atoms with Gasteiger partial charge in [0.05, 0.1) is 60.2 Å². The molecule has 1 aliphatic heterocycles. The summed E-state index contributed by atoms with van der Waals surface area (Å²) in [6, 6.07) is 1.54. The Morgan fingerprint density at radius 2 is 1.93 bits per heavy atom. The highest BCUT2D eigenvalue weighted by Crippen LogP contribution is 2.45. The van der Waals surface area contributed by atoms with Crippen LogP contribution in [0.15, 0.2) is 11.0 Å². The minimum absolute atomic E-state index is 0.0649. The molecule has 1 heterocycles. The molecule has 0 fully saturated rings. The number of ether oxygens (including phenoxy) is 1. The summed E-state index contributed by atoms with van der Waals surface area (Å²) in [4.78, 5) is 13.1. The minimum Gasteiger partial charge on any atom is -0.374 e. The van der Waals surface area contributed by atoms with Gasteiger partial charge >= 0.3 is 0 Å². The van der Waals surface area contributed by atoms with Crippen LogP contribution in [0.5, 0.6) is 0 Å². The maximum atomic E-state index is 12.5. The maximum absolute atomic E-state index is 12.5. The highest BCUT2D eigenvalue weighted by molar-refractivity contribution is 8.00. The summed E-state index contributed by atoms with van der Waals surface area (Å²) in [5.74, 6) is -0.346. The number of halogens is 3. The van der Waals surface area contributed by atoms with Crippen molar-refractivity contribution in [1.29, 1.82) is 0 Å². The number of thioether (sulfide) groups is 1. The molecule has 2 rings (SSSR count).